The van der Waals surface area contributed by atoms with E-state index >= 15 is 0 Å². The summed E-state index contributed by atoms with van der Waals surface area (Å²) in [6.45, 7) is 2.63. The van der Waals surface area contributed by atoms with E-state index in [9.17, 15) is 0 Å². The molecule has 0 radical (unpaired) electrons. The van der Waals surface area contributed by atoms with Gasteiger partial charge >= 0.3 is 0 Å². The number of tetrazole rings is 1. The summed E-state index contributed by atoms with van der Waals surface area (Å²) in [5, 5.41) is 17.2. The quantitative estimate of drug-likeness (QED) is 0.737. The standard InChI is InChI=1S/C12H11BrN6S/c1-2-18-16-11(15-17-18)10-7-14-19(12(10)20)9-5-3-8(13)4-6-9/h3-7,20H,2H2,1H3. The van der Waals surface area contributed by atoms with Gasteiger partial charge in [0.25, 0.3) is 0 Å². The normalized spacial score (nSPS) is 10.9. The molecule has 0 unspecified atom stereocenters. The van der Waals surface area contributed by atoms with Gasteiger partial charge in [0, 0.05) is 4.47 Å². The Kier molecular flexibility index (Phi) is 3.58. The lowest BCUT2D eigenvalue weighted by atomic mass is 10.3. The van der Waals surface area contributed by atoms with Crippen LogP contribution >= 0.6 is 28.6 Å². The lowest BCUT2D eigenvalue weighted by Crippen LogP contribution is -1.98. The fourth-order valence-corrected chi connectivity index (χ4v) is 2.35. The van der Waals surface area contributed by atoms with Gasteiger partial charge in [-0.15, -0.1) is 22.8 Å². The van der Waals surface area contributed by atoms with Crippen molar-refractivity contribution < 1.29 is 0 Å². The maximum atomic E-state index is 4.52. The first-order valence-corrected chi connectivity index (χ1v) is 7.24. The van der Waals surface area contributed by atoms with Gasteiger partial charge in [-0.25, -0.2) is 4.68 Å². The summed E-state index contributed by atoms with van der Waals surface area (Å²) in [5.41, 5.74) is 1.68. The number of benzene rings is 1. The van der Waals surface area contributed by atoms with Crippen LogP contribution in [-0.2, 0) is 6.54 Å². The maximum Gasteiger partial charge on any atom is 0.209 e. The molecule has 3 aromatic rings. The molecule has 8 heteroatoms. The van der Waals surface area contributed by atoms with Crippen LogP contribution in [0.4, 0.5) is 0 Å². The summed E-state index contributed by atoms with van der Waals surface area (Å²) >= 11 is 7.93. The molecule has 0 saturated carbocycles. The molecular formula is C12H11BrN6S. The second-order valence-electron chi connectivity index (χ2n) is 4.07. The van der Waals surface area contributed by atoms with Crippen LogP contribution in [0.5, 0.6) is 0 Å². The molecule has 0 amide bonds. The molecular weight excluding hydrogens is 340 g/mol. The Morgan fingerprint density at radius 3 is 2.65 bits per heavy atom. The lowest BCUT2D eigenvalue weighted by molar-refractivity contribution is 0.552. The number of hydrogen-bond acceptors (Lipinski definition) is 5. The first-order chi connectivity index (χ1) is 9.69. The molecule has 0 saturated heterocycles. The lowest BCUT2D eigenvalue weighted by Gasteiger charge is -2.03. The third-order valence-corrected chi connectivity index (χ3v) is 3.75. The van der Waals surface area contributed by atoms with Crippen molar-refractivity contribution in [1.82, 2.24) is 30.0 Å². The highest BCUT2D eigenvalue weighted by Gasteiger charge is 2.15. The van der Waals surface area contributed by atoms with E-state index in [4.69, 9.17) is 0 Å². The van der Waals surface area contributed by atoms with E-state index in [1.54, 1.807) is 10.9 Å². The molecule has 3 rings (SSSR count). The van der Waals surface area contributed by atoms with E-state index in [-0.39, 0.29) is 0 Å². The van der Waals surface area contributed by atoms with E-state index in [2.05, 4.69) is 49.1 Å². The van der Waals surface area contributed by atoms with Gasteiger partial charge in [-0.05, 0) is 36.4 Å². The van der Waals surface area contributed by atoms with Crippen LogP contribution in [-0.4, -0.2) is 30.0 Å². The topological polar surface area (TPSA) is 61.4 Å². The molecule has 6 nitrogen and oxygen atoms in total. The molecule has 2 heterocycles. The van der Waals surface area contributed by atoms with Crippen LogP contribution in [0, 0.1) is 0 Å². The van der Waals surface area contributed by atoms with Crippen molar-refractivity contribution in [3.05, 3.63) is 34.9 Å². The van der Waals surface area contributed by atoms with Crippen molar-refractivity contribution >= 4 is 28.6 Å². The first kappa shape index (κ1) is 13.3. The first-order valence-electron chi connectivity index (χ1n) is 6.00. The summed E-state index contributed by atoms with van der Waals surface area (Å²) in [7, 11) is 0. The third-order valence-electron chi connectivity index (χ3n) is 2.79. The third kappa shape index (κ3) is 2.36. The minimum Gasteiger partial charge on any atom is -0.227 e. The average molecular weight is 351 g/mol. The van der Waals surface area contributed by atoms with Crippen LogP contribution < -0.4 is 0 Å². The molecule has 2 aromatic heterocycles. The number of nitrogens with zero attached hydrogens (tertiary/aromatic N) is 6. The summed E-state index contributed by atoms with van der Waals surface area (Å²) in [6, 6.07) is 7.82. The van der Waals surface area contributed by atoms with Gasteiger partial charge in [0.05, 0.1) is 24.0 Å². The van der Waals surface area contributed by atoms with E-state index in [0.717, 1.165) is 15.7 Å². The molecule has 102 valence electrons. The maximum absolute atomic E-state index is 4.52. The Balaban J connectivity index is 2.02. The van der Waals surface area contributed by atoms with Crippen molar-refractivity contribution in [3.8, 4) is 17.1 Å². The molecule has 0 bridgehead atoms. The van der Waals surface area contributed by atoms with Gasteiger partial charge in [0.15, 0.2) is 0 Å². The molecule has 0 atom stereocenters. The van der Waals surface area contributed by atoms with Crippen LogP contribution in [0.3, 0.4) is 0 Å². The Labute approximate surface area is 129 Å². The van der Waals surface area contributed by atoms with Gasteiger partial charge in [0.2, 0.25) is 5.82 Å². The summed E-state index contributed by atoms with van der Waals surface area (Å²) in [4.78, 5) is 1.53. The molecule has 0 aliphatic rings. The number of hydrogen-bond donors (Lipinski definition) is 1. The zero-order valence-electron chi connectivity index (χ0n) is 10.6. The van der Waals surface area contributed by atoms with Gasteiger partial charge in [-0.3, -0.25) is 0 Å². The van der Waals surface area contributed by atoms with Gasteiger partial charge < -0.3 is 0 Å². The molecule has 0 fully saturated rings. The summed E-state index contributed by atoms with van der Waals surface area (Å²) in [6.07, 6.45) is 1.70. The number of halogens is 1. The highest BCUT2D eigenvalue weighted by Crippen LogP contribution is 2.25. The largest absolute Gasteiger partial charge is 0.227 e. The fourth-order valence-electron chi connectivity index (χ4n) is 1.76. The molecule has 0 spiro atoms. The van der Waals surface area contributed by atoms with Gasteiger partial charge in [-0.2, -0.15) is 9.90 Å². The number of aromatic nitrogens is 6. The zero-order valence-corrected chi connectivity index (χ0v) is 13.1. The van der Waals surface area contributed by atoms with Crippen LogP contribution in [0.1, 0.15) is 6.92 Å². The minimum atomic E-state index is 0.528. The van der Waals surface area contributed by atoms with E-state index in [1.807, 2.05) is 31.2 Å². The van der Waals surface area contributed by atoms with Crippen LogP contribution in [0.2, 0.25) is 0 Å². The Morgan fingerprint density at radius 1 is 1.25 bits per heavy atom. The van der Waals surface area contributed by atoms with Crippen LogP contribution in [0.15, 0.2) is 40.0 Å². The van der Waals surface area contributed by atoms with Crippen molar-refractivity contribution in [1.29, 1.82) is 0 Å². The smallest absolute Gasteiger partial charge is 0.209 e. The Morgan fingerprint density at radius 2 is 2.00 bits per heavy atom. The highest BCUT2D eigenvalue weighted by atomic mass is 79.9. The highest BCUT2D eigenvalue weighted by molar-refractivity contribution is 9.10. The van der Waals surface area contributed by atoms with Gasteiger partial charge in [0.1, 0.15) is 5.03 Å². The molecule has 0 aliphatic heterocycles. The number of thiol groups is 1. The number of rotatable bonds is 3. The predicted octanol–water partition coefficient (Wildman–Crippen LogP) is 2.60. The van der Waals surface area contributed by atoms with Crippen molar-refractivity contribution in [2.45, 2.75) is 18.5 Å². The zero-order chi connectivity index (χ0) is 14.1. The van der Waals surface area contributed by atoms with Crippen molar-refractivity contribution in [3.63, 3.8) is 0 Å². The monoisotopic (exact) mass is 350 g/mol. The van der Waals surface area contributed by atoms with Gasteiger partial charge in [-0.1, -0.05) is 15.9 Å². The van der Waals surface area contributed by atoms with E-state index < -0.39 is 0 Å². The molecule has 0 N–H and O–H groups in total. The predicted molar refractivity (Wildman–Crippen MR) is 81.0 cm³/mol. The SMILES string of the molecule is CCn1nnc(-c2cnn(-c3ccc(Br)cc3)c2S)n1. The fraction of sp³-hybridized carbons (Fsp3) is 0.167. The van der Waals surface area contributed by atoms with Crippen molar-refractivity contribution in [2.24, 2.45) is 0 Å². The van der Waals surface area contributed by atoms with E-state index in [1.165, 1.54) is 4.80 Å². The molecule has 1 aromatic carbocycles. The van der Waals surface area contributed by atoms with Crippen molar-refractivity contribution in [2.75, 3.05) is 0 Å². The summed E-state index contributed by atoms with van der Waals surface area (Å²) in [5.74, 6) is 0.528. The second kappa shape index (κ2) is 5.37. The molecule has 20 heavy (non-hydrogen) atoms. The summed E-state index contributed by atoms with van der Waals surface area (Å²) < 4.78 is 2.75. The second-order valence-corrected chi connectivity index (χ2v) is 5.41. The molecule has 0 aliphatic carbocycles. The Hall–Kier alpha value is -1.67. The number of aryl methyl sites for hydroxylation is 1. The minimum absolute atomic E-state index is 0.528. The average Bonchev–Trinajstić information content (AvgIpc) is 3.06. The van der Waals surface area contributed by atoms with E-state index in [0.29, 0.717) is 17.4 Å². The van der Waals surface area contributed by atoms with Crippen LogP contribution in [0.25, 0.3) is 17.1 Å². The Bertz CT molecular complexity index is 733.